The maximum absolute atomic E-state index is 11.7. The fraction of sp³-hybridized carbons (Fsp3) is 0.0625. The number of carbonyl (C=O) groups is 2. The van der Waals surface area contributed by atoms with Crippen LogP contribution in [0.3, 0.4) is 0 Å². The second-order valence-electron chi connectivity index (χ2n) is 4.97. The van der Waals surface area contributed by atoms with Crippen molar-refractivity contribution in [3.63, 3.8) is 0 Å². The molecule has 0 spiro atoms. The molecule has 0 bridgehead atoms. The van der Waals surface area contributed by atoms with Crippen molar-refractivity contribution in [1.29, 1.82) is 0 Å². The fourth-order valence-corrected chi connectivity index (χ4v) is 1.84. The molecular weight excluding hydrogens is 342 g/mol. The average Bonchev–Trinajstić information content (AvgIpc) is 2.62. The number of phenols is 1. The number of hydrogen-bond acceptors (Lipinski definition) is 6. The standard InChI is InChI=1S/C16H15N5O5/c22-14-7-2-1-4-11(14)9-18-20-15(23)10-17-16(24)19-12-5-3-6-13(8-12)21(25)26/h1-9,22H,10H2,(H,20,23)(H2,17,19,24). The molecule has 0 saturated heterocycles. The van der Waals surface area contributed by atoms with Gasteiger partial charge in [-0.25, -0.2) is 10.2 Å². The topological polar surface area (TPSA) is 146 Å². The zero-order valence-electron chi connectivity index (χ0n) is 13.4. The zero-order valence-corrected chi connectivity index (χ0v) is 13.4. The van der Waals surface area contributed by atoms with E-state index in [1.54, 1.807) is 18.2 Å². The quantitative estimate of drug-likeness (QED) is 0.352. The Morgan fingerprint density at radius 3 is 2.69 bits per heavy atom. The lowest BCUT2D eigenvalue weighted by atomic mass is 10.2. The summed E-state index contributed by atoms with van der Waals surface area (Å²) >= 11 is 0. The van der Waals surface area contributed by atoms with E-state index in [0.29, 0.717) is 5.56 Å². The third kappa shape index (κ3) is 5.60. The highest BCUT2D eigenvalue weighted by atomic mass is 16.6. The number of nitrogens with zero attached hydrogens (tertiary/aromatic N) is 2. The SMILES string of the molecule is O=C(CNC(=O)Nc1cccc([N+](=O)[O-])c1)NN=Cc1ccccc1O. The number of hydrazone groups is 1. The summed E-state index contributed by atoms with van der Waals surface area (Å²) < 4.78 is 0. The Morgan fingerprint density at radius 2 is 1.96 bits per heavy atom. The van der Waals surface area contributed by atoms with Crippen LogP contribution in [0.1, 0.15) is 5.56 Å². The molecule has 0 aliphatic rings. The molecule has 0 aliphatic heterocycles. The van der Waals surface area contributed by atoms with Gasteiger partial charge >= 0.3 is 6.03 Å². The molecule has 2 rings (SSSR count). The lowest BCUT2D eigenvalue weighted by Gasteiger charge is -2.06. The second kappa shape index (κ2) is 8.78. The van der Waals surface area contributed by atoms with Crippen molar-refractivity contribution in [2.45, 2.75) is 0 Å². The maximum atomic E-state index is 11.7. The molecule has 26 heavy (non-hydrogen) atoms. The Balaban J connectivity index is 1.78. The number of amides is 3. The lowest BCUT2D eigenvalue weighted by Crippen LogP contribution is -2.37. The molecule has 0 saturated carbocycles. The summed E-state index contributed by atoms with van der Waals surface area (Å²) in [4.78, 5) is 33.4. The van der Waals surface area contributed by atoms with Crippen molar-refractivity contribution in [1.82, 2.24) is 10.7 Å². The number of nitro groups is 1. The van der Waals surface area contributed by atoms with Crippen molar-refractivity contribution < 1.29 is 19.6 Å². The van der Waals surface area contributed by atoms with E-state index in [2.05, 4.69) is 21.2 Å². The predicted octanol–water partition coefficient (Wildman–Crippen LogP) is 1.57. The number of aromatic hydroxyl groups is 1. The van der Waals surface area contributed by atoms with Crippen LogP contribution in [-0.4, -0.2) is 34.7 Å². The molecule has 2 aromatic carbocycles. The molecule has 10 heteroatoms. The smallest absolute Gasteiger partial charge is 0.319 e. The van der Waals surface area contributed by atoms with Gasteiger partial charge in [-0.15, -0.1) is 0 Å². The lowest BCUT2D eigenvalue weighted by molar-refractivity contribution is -0.384. The van der Waals surface area contributed by atoms with E-state index < -0.39 is 16.9 Å². The van der Waals surface area contributed by atoms with Gasteiger partial charge in [-0.1, -0.05) is 18.2 Å². The summed E-state index contributed by atoms with van der Waals surface area (Å²) in [7, 11) is 0. The van der Waals surface area contributed by atoms with Gasteiger partial charge in [0, 0.05) is 23.4 Å². The van der Waals surface area contributed by atoms with Crippen LogP contribution in [0.4, 0.5) is 16.2 Å². The number of carbonyl (C=O) groups excluding carboxylic acids is 2. The van der Waals surface area contributed by atoms with Gasteiger partial charge in [0.2, 0.25) is 0 Å². The van der Waals surface area contributed by atoms with Gasteiger partial charge in [-0.2, -0.15) is 5.10 Å². The number of nitrogens with one attached hydrogen (secondary N) is 3. The van der Waals surface area contributed by atoms with Gasteiger partial charge < -0.3 is 15.7 Å². The Labute approximate surface area is 147 Å². The normalized spacial score (nSPS) is 10.3. The summed E-state index contributed by atoms with van der Waals surface area (Å²) in [5.74, 6) is -0.578. The summed E-state index contributed by atoms with van der Waals surface area (Å²) in [6.07, 6.45) is 1.26. The third-order valence-electron chi connectivity index (χ3n) is 3.05. The van der Waals surface area contributed by atoms with Crippen LogP contribution in [0.2, 0.25) is 0 Å². The Morgan fingerprint density at radius 1 is 1.19 bits per heavy atom. The molecule has 0 unspecified atom stereocenters. The van der Waals surface area contributed by atoms with E-state index >= 15 is 0 Å². The molecule has 0 atom stereocenters. The molecule has 10 nitrogen and oxygen atoms in total. The van der Waals surface area contributed by atoms with E-state index in [1.807, 2.05) is 0 Å². The number of hydrogen-bond donors (Lipinski definition) is 4. The number of urea groups is 1. The van der Waals surface area contributed by atoms with Crippen molar-refractivity contribution in [3.05, 3.63) is 64.2 Å². The molecule has 3 amide bonds. The summed E-state index contributed by atoms with van der Waals surface area (Å²) in [6, 6.07) is 11.1. The van der Waals surface area contributed by atoms with E-state index in [-0.39, 0.29) is 23.7 Å². The van der Waals surface area contributed by atoms with Crippen molar-refractivity contribution in [2.24, 2.45) is 5.10 Å². The highest BCUT2D eigenvalue weighted by Crippen LogP contribution is 2.16. The van der Waals surface area contributed by atoms with Crippen molar-refractivity contribution in [3.8, 4) is 5.75 Å². The minimum absolute atomic E-state index is 0.0138. The number of anilines is 1. The second-order valence-corrected chi connectivity index (χ2v) is 4.97. The Kier molecular flexibility index (Phi) is 6.21. The molecular formula is C16H15N5O5. The van der Waals surface area contributed by atoms with Gasteiger partial charge in [0.1, 0.15) is 12.3 Å². The summed E-state index contributed by atoms with van der Waals surface area (Å²) in [5, 5.41) is 28.5. The summed E-state index contributed by atoms with van der Waals surface area (Å²) in [5.41, 5.74) is 2.66. The molecule has 0 radical (unpaired) electrons. The number of phenolic OH excluding ortho intramolecular Hbond substituents is 1. The first-order chi connectivity index (χ1) is 12.5. The van der Waals surface area contributed by atoms with Crippen molar-refractivity contribution >= 4 is 29.5 Å². The van der Waals surface area contributed by atoms with Crippen molar-refractivity contribution in [2.75, 3.05) is 11.9 Å². The van der Waals surface area contributed by atoms with Gasteiger partial charge in [0.05, 0.1) is 11.1 Å². The number of non-ortho nitro benzene ring substituents is 1. The number of para-hydroxylation sites is 1. The Hall–Kier alpha value is -3.95. The third-order valence-corrected chi connectivity index (χ3v) is 3.05. The van der Waals surface area contributed by atoms with Crippen LogP contribution in [0.5, 0.6) is 5.75 Å². The highest BCUT2D eigenvalue weighted by molar-refractivity contribution is 5.92. The van der Waals surface area contributed by atoms with Gasteiger partial charge in [0.15, 0.2) is 0 Å². The largest absolute Gasteiger partial charge is 0.507 e. The first kappa shape index (κ1) is 18.4. The van der Waals surface area contributed by atoms with Gasteiger partial charge in [-0.05, 0) is 18.2 Å². The van der Waals surface area contributed by atoms with Crippen LogP contribution >= 0.6 is 0 Å². The molecule has 0 aliphatic carbocycles. The van der Waals surface area contributed by atoms with Crippen LogP contribution in [0, 0.1) is 10.1 Å². The number of nitro benzene ring substituents is 1. The van der Waals surface area contributed by atoms with Crippen LogP contribution in [-0.2, 0) is 4.79 Å². The number of rotatable bonds is 6. The predicted molar refractivity (Wildman–Crippen MR) is 94.0 cm³/mol. The molecule has 4 N–H and O–H groups in total. The van der Waals surface area contributed by atoms with Crippen LogP contribution < -0.4 is 16.1 Å². The molecule has 2 aromatic rings. The average molecular weight is 357 g/mol. The van der Waals surface area contributed by atoms with E-state index in [0.717, 1.165) is 0 Å². The molecule has 0 aromatic heterocycles. The maximum Gasteiger partial charge on any atom is 0.319 e. The monoisotopic (exact) mass is 357 g/mol. The minimum atomic E-state index is -0.703. The zero-order chi connectivity index (χ0) is 18.9. The fourth-order valence-electron chi connectivity index (χ4n) is 1.84. The van der Waals surface area contributed by atoms with E-state index in [4.69, 9.17) is 0 Å². The van der Waals surface area contributed by atoms with Crippen LogP contribution in [0.25, 0.3) is 0 Å². The van der Waals surface area contributed by atoms with Gasteiger partial charge in [0.25, 0.3) is 11.6 Å². The highest BCUT2D eigenvalue weighted by Gasteiger charge is 2.09. The molecule has 0 fully saturated rings. The van der Waals surface area contributed by atoms with E-state index in [1.165, 1.54) is 36.5 Å². The first-order valence-electron chi connectivity index (χ1n) is 7.35. The first-order valence-corrected chi connectivity index (χ1v) is 7.35. The Bertz CT molecular complexity index is 852. The van der Waals surface area contributed by atoms with E-state index in [9.17, 15) is 24.8 Å². The van der Waals surface area contributed by atoms with Gasteiger partial charge in [-0.3, -0.25) is 14.9 Å². The summed E-state index contributed by atoms with van der Waals surface area (Å²) in [6.45, 7) is -0.362. The van der Waals surface area contributed by atoms with Crippen LogP contribution in [0.15, 0.2) is 53.6 Å². The molecule has 134 valence electrons. The molecule has 0 heterocycles. The minimum Gasteiger partial charge on any atom is -0.507 e. The number of benzene rings is 2.